The molecule has 0 radical (unpaired) electrons. The fraction of sp³-hybridized carbons (Fsp3) is 0. The zero-order valence-electron chi connectivity index (χ0n) is 7.51. The van der Waals surface area contributed by atoms with Crippen molar-refractivity contribution in [3.63, 3.8) is 0 Å². The minimum absolute atomic E-state index is 0. The normalized spacial score (nSPS) is 10.5. The molecule has 6 nitrogen and oxygen atoms in total. The van der Waals surface area contributed by atoms with Crippen molar-refractivity contribution in [2.45, 2.75) is 4.90 Å². The van der Waals surface area contributed by atoms with Gasteiger partial charge >= 0.3 is 18.9 Å². The van der Waals surface area contributed by atoms with Crippen LogP contribution in [0.3, 0.4) is 0 Å². The molecule has 0 fully saturated rings. The van der Waals surface area contributed by atoms with Gasteiger partial charge in [-0.3, -0.25) is 10.1 Å². The van der Waals surface area contributed by atoms with Gasteiger partial charge in [0.15, 0.2) is 0 Å². The molecule has 0 saturated heterocycles. The molecule has 0 spiro atoms. The van der Waals surface area contributed by atoms with E-state index < -0.39 is 30.6 Å². The van der Waals surface area contributed by atoms with Gasteiger partial charge in [-0.15, -0.1) is 0 Å². The molecule has 1 aromatic carbocycles. The summed E-state index contributed by atoms with van der Waals surface area (Å²) in [4.78, 5) is 8.68. The number of hydrogen-bond donors (Lipinski definition) is 0. The standard InChI is InChI=1S/C6H4ClNO5S.Li/c7-6-4(8(9)10)2-1-3-5(6)14(11,12)13;/h1-3H,(H,11,12,13);/q;+1/p-1. The van der Waals surface area contributed by atoms with Gasteiger partial charge in [-0.2, -0.15) is 0 Å². The Bertz CT molecular complexity index is 488. The van der Waals surface area contributed by atoms with Gasteiger partial charge in [0.25, 0.3) is 5.69 Å². The second kappa shape index (κ2) is 4.96. The van der Waals surface area contributed by atoms with Crippen molar-refractivity contribution in [3.05, 3.63) is 33.3 Å². The van der Waals surface area contributed by atoms with Gasteiger partial charge in [-0.25, -0.2) is 8.42 Å². The van der Waals surface area contributed by atoms with Gasteiger partial charge in [0, 0.05) is 6.07 Å². The molecule has 0 aliphatic rings. The number of benzene rings is 1. The van der Waals surface area contributed by atoms with Crippen LogP contribution < -0.4 is 18.9 Å². The van der Waals surface area contributed by atoms with E-state index >= 15 is 0 Å². The first kappa shape index (κ1) is 14.4. The molecular formula is C6H3ClLiNO5S. The number of nitro groups is 1. The molecule has 0 N–H and O–H groups in total. The third-order valence-electron chi connectivity index (χ3n) is 1.41. The average molecular weight is 244 g/mol. The molecule has 1 rings (SSSR count). The van der Waals surface area contributed by atoms with E-state index in [1.54, 1.807) is 0 Å². The van der Waals surface area contributed by atoms with Gasteiger partial charge in [-0.1, -0.05) is 17.7 Å². The zero-order valence-corrected chi connectivity index (χ0v) is 9.08. The van der Waals surface area contributed by atoms with Crippen molar-refractivity contribution in [1.82, 2.24) is 0 Å². The van der Waals surface area contributed by atoms with Crippen LogP contribution >= 0.6 is 11.6 Å². The number of halogens is 1. The Morgan fingerprint density at radius 1 is 1.33 bits per heavy atom. The third kappa shape index (κ3) is 3.19. The molecule has 0 aliphatic carbocycles. The third-order valence-corrected chi connectivity index (χ3v) is 2.80. The van der Waals surface area contributed by atoms with Crippen LogP contribution in [0.4, 0.5) is 5.69 Å². The van der Waals surface area contributed by atoms with E-state index in [9.17, 15) is 23.1 Å². The summed E-state index contributed by atoms with van der Waals surface area (Å²) < 4.78 is 31.7. The predicted octanol–water partition coefficient (Wildman–Crippen LogP) is -1.84. The fourth-order valence-corrected chi connectivity index (χ4v) is 1.88. The molecular weight excluding hydrogens is 241 g/mol. The first-order valence-electron chi connectivity index (χ1n) is 3.23. The SMILES string of the molecule is O=[N+]([O-])c1cccc(S(=O)(=O)[O-])c1Cl.[Li+]. The van der Waals surface area contributed by atoms with E-state index in [0.29, 0.717) is 0 Å². The summed E-state index contributed by atoms with van der Waals surface area (Å²) in [7, 11) is -4.78. The second-order valence-electron chi connectivity index (χ2n) is 2.30. The maximum atomic E-state index is 10.6. The Hall–Kier alpha value is -0.583. The number of nitrogens with zero attached hydrogens (tertiary/aromatic N) is 1. The minimum Gasteiger partial charge on any atom is -0.744 e. The van der Waals surface area contributed by atoms with Gasteiger partial charge in [-0.05, 0) is 6.07 Å². The summed E-state index contributed by atoms with van der Waals surface area (Å²) in [5.41, 5.74) is -0.608. The first-order chi connectivity index (χ1) is 6.34. The van der Waals surface area contributed by atoms with Crippen LogP contribution in [0.2, 0.25) is 5.02 Å². The van der Waals surface area contributed by atoms with Crippen molar-refractivity contribution in [3.8, 4) is 0 Å². The van der Waals surface area contributed by atoms with Gasteiger partial charge in [0.2, 0.25) is 0 Å². The molecule has 0 heterocycles. The Kier molecular flexibility index (Phi) is 4.77. The molecule has 0 saturated carbocycles. The summed E-state index contributed by atoms with van der Waals surface area (Å²) in [6, 6.07) is 3.00. The summed E-state index contributed by atoms with van der Waals surface area (Å²) in [5, 5.41) is 9.67. The molecule has 0 aromatic heterocycles. The Morgan fingerprint density at radius 3 is 2.27 bits per heavy atom. The van der Waals surface area contributed by atoms with Crippen LogP contribution in [-0.2, 0) is 10.1 Å². The predicted molar refractivity (Wildman–Crippen MR) is 46.1 cm³/mol. The van der Waals surface area contributed by atoms with Crippen LogP contribution in [0.25, 0.3) is 0 Å². The van der Waals surface area contributed by atoms with Crippen molar-refractivity contribution in [1.29, 1.82) is 0 Å². The van der Waals surface area contributed by atoms with Crippen LogP contribution in [0.15, 0.2) is 23.1 Å². The topological polar surface area (TPSA) is 100 Å². The molecule has 76 valence electrons. The summed E-state index contributed by atoms with van der Waals surface area (Å²) in [5.74, 6) is 0. The smallest absolute Gasteiger partial charge is 0.744 e. The van der Waals surface area contributed by atoms with Crippen molar-refractivity contribution < 1.29 is 36.8 Å². The molecule has 0 unspecified atom stereocenters. The maximum absolute atomic E-state index is 10.6. The van der Waals surface area contributed by atoms with Gasteiger partial charge < -0.3 is 4.55 Å². The molecule has 9 heteroatoms. The minimum atomic E-state index is -4.78. The monoisotopic (exact) mass is 243 g/mol. The molecule has 15 heavy (non-hydrogen) atoms. The van der Waals surface area contributed by atoms with Crippen LogP contribution in [0, 0.1) is 10.1 Å². The fourth-order valence-electron chi connectivity index (χ4n) is 0.833. The van der Waals surface area contributed by atoms with Crippen molar-refractivity contribution in [2.75, 3.05) is 0 Å². The number of rotatable bonds is 2. The van der Waals surface area contributed by atoms with Crippen molar-refractivity contribution in [2.24, 2.45) is 0 Å². The molecule has 0 aliphatic heterocycles. The summed E-state index contributed by atoms with van der Waals surface area (Å²) in [6.07, 6.45) is 0. The average Bonchev–Trinajstić information content (AvgIpc) is 2.01. The van der Waals surface area contributed by atoms with Crippen LogP contribution in [0.5, 0.6) is 0 Å². The largest absolute Gasteiger partial charge is 1.00 e. The van der Waals surface area contributed by atoms with E-state index in [1.807, 2.05) is 0 Å². The van der Waals surface area contributed by atoms with E-state index in [0.717, 1.165) is 18.2 Å². The molecule has 0 amide bonds. The number of nitro benzene ring substituents is 1. The van der Waals surface area contributed by atoms with E-state index in [-0.39, 0.29) is 18.9 Å². The second-order valence-corrected chi connectivity index (χ2v) is 4.03. The molecule has 0 bridgehead atoms. The molecule has 0 atom stereocenters. The number of hydrogen-bond acceptors (Lipinski definition) is 5. The quantitative estimate of drug-likeness (QED) is 0.263. The Morgan fingerprint density at radius 2 is 1.87 bits per heavy atom. The Labute approximate surface area is 102 Å². The van der Waals surface area contributed by atoms with Crippen LogP contribution in [0.1, 0.15) is 0 Å². The van der Waals surface area contributed by atoms with Gasteiger partial charge in [0.1, 0.15) is 15.1 Å². The summed E-state index contributed by atoms with van der Waals surface area (Å²) >= 11 is 5.37. The Balaban J connectivity index is 0.00000196. The van der Waals surface area contributed by atoms with Crippen LogP contribution in [-0.4, -0.2) is 17.9 Å². The van der Waals surface area contributed by atoms with E-state index in [1.165, 1.54) is 0 Å². The van der Waals surface area contributed by atoms with E-state index in [4.69, 9.17) is 11.6 Å². The summed E-state index contributed by atoms with van der Waals surface area (Å²) in [6.45, 7) is 0. The van der Waals surface area contributed by atoms with E-state index in [2.05, 4.69) is 0 Å². The first-order valence-corrected chi connectivity index (χ1v) is 5.01. The van der Waals surface area contributed by atoms with Crippen molar-refractivity contribution >= 4 is 27.4 Å². The zero-order chi connectivity index (χ0) is 10.9. The van der Waals surface area contributed by atoms with Gasteiger partial charge in [0.05, 0.1) is 9.82 Å². The molecule has 1 aromatic rings. The maximum Gasteiger partial charge on any atom is 1.00 e.